The van der Waals surface area contributed by atoms with Crippen LogP contribution < -0.4 is 10.6 Å². The Morgan fingerprint density at radius 1 is 1.32 bits per heavy atom. The summed E-state index contributed by atoms with van der Waals surface area (Å²) in [6.07, 6.45) is 0.792. The van der Waals surface area contributed by atoms with Crippen molar-refractivity contribution in [1.29, 1.82) is 0 Å². The third-order valence-electron chi connectivity index (χ3n) is 3.64. The van der Waals surface area contributed by atoms with Crippen LogP contribution in [0, 0.1) is 6.92 Å². The molecule has 2 rings (SSSR count). The molecule has 0 aliphatic heterocycles. The van der Waals surface area contributed by atoms with E-state index < -0.39 is 5.97 Å². The predicted octanol–water partition coefficient (Wildman–Crippen LogP) is 3.68. The van der Waals surface area contributed by atoms with Crippen LogP contribution in [0.3, 0.4) is 0 Å². The summed E-state index contributed by atoms with van der Waals surface area (Å²) >= 11 is 1.40. The first-order valence-corrected chi connectivity index (χ1v) is 9.15. The Hall–Kier alpha value is -2.12. The quantitative estimate of drug-likeness (QED) is 0.699. The van der Waals surface area contributed by atoms with Crippen LogP contribution in [0.25, 0.3) is 0 Å². The summed E-state index contributed by atoms with van der Waals surface area (Å²) in [5.41, 5.74) is 0.409. The van der Waals surface area contributed by atoms with Crippen molar-refractivity contribution in [3.63, 3.8) is 0 Å². The number of aryl methyl sites for hydroxylation is 2. The van der Waals surface area contributed by atoms with Gasteiger partial charge in [-0.1, -0.05) is 6.92 Å². The van der Waals surface area contributed by atoms with Gasteiger partial charge in [0.2, 0.25) is 5.91 Å². The number of rotatable bonds is 8. The summed E-state index contributed by atoms with van der Waals surface area (Å²) in [6, 6.07) is 5.46. The minimum atomic E-state index is -0.416. The smallest absolute Gasteiger partial charge is 0.341 e. The Morgan fingerprint density at radius 3 is 2.68 bits per heavy atom. The number of hydrogen-bond donors (Lipinski definition) is 2. The van der Waals surface area contributed by atoms with Gasteiger partial charge in [-0.25, -0.2) is 4.79 Å². The number of anilines is 1. The first-order chi connectivity index (χ1) is 11.9. The summed E-state index contributed by atoms with van der Waals surface area (Å²) < 4.78 is 10.6. The molecule has 0 bridgehead atoms. The molecule has 1 unspecified atom stereocenters. The second kappa shape index (κ2) is 8.82. The molecule has 136 valence electrons. The molecule has 1 atom stereocenters. The number of esters is 1. The van der Waals surface area contributed by atoms with Crippen LogP contribution in [0.4, 0.5) is 5.00 Å². The Bertz CT molecular complexity index is 735. The van der Waals surface area contributed by atoms with Gasteiger partial charge in [-0.2, -0.15) is 0 Å². The first-order valence-electron chi connectivity index (χ1n) is 8.34. The average Bonchev–Trinajstić information content (AvgIpc) is 3.19. The molecule has 25 heavy (non-hydrogen) atoms. The lowest BCUT2D eigenvalue weighted by Crippen LogP contribution is -2.30. The molecule has 0 radical (unpaired) electrons. The summed E-state index contributed by atoms with van der Waals surface area (Å²) in [6.45, 7) is 7.97. The molecule has 1 amide bonds. The van der Waals surface area contributed by atoms with Crippen LogP contribution in [0.1, 0.15) is 53.6 Å². The standard InChI is InChI=1S/C18H24N2O4S/c1-5-13-9-14(18(22)23-6-2)17(25-13)20-16(21)10-19-12(4)15-8-7-11(3)24-15/h7-9,12,19H,5-6,10H2,1-4H3,(H,20,21). The molecule has 2 N–H and O–H groups in total. The maximum atomic E-state index is 12.2. The molecule has 2 heterocycles. The van der Waals surface area contributed by atoms with Crippen molar-refractivity contribution in [2.45, 2.75) is 40.2 Å². The molecule has 6 nitrogen and oxygen atoms in total. The van der Waals surface area contributed by atoms with Crippen molar-refractivity contribution < 1.29 is 18.7 Å². The fourth-order valence-corrected chi connectivity index (χ4v) is 3.27. The molecule has 0 spiro atoms. The average molecular weight is 364 g/mol. The van der Waals surface area contributed by atoms with E-state index in [1.165, 1.54) is 11.3 Å². The second-order valence-electron chi connectivity index (χ2n) is 5.63. The number of hydrogen-bond acceptors (Lipinski definition) is 6. The van der Waals surface area contributed by atoms with Crippen molar-refractivity contribution in [1.82, 2.24) is 5.32 Å². The van der Waals surface area contributed by atoms with Gasteiger partial charge in [-0.3, -0.25) is 10.1 Å². The number of furan rings is 1. The normalized spacial score (nSPS) is 12.0. The lowest BCUT2D eigenvalue weighted by atomic mass is 10.2. The molecular weight excluding hydrogens is 340 g/mol. The van der Waals surface area contributed by atoms with Gasteiger partial charge in [-0.05, 0) is 45.4 Å². The maximum Gasteiger partial charge on any atom is 0.341 e. The molecule has 2 aromatic rings. The first kappa shape index (κ1) is 19.2. The lowest BCUT2D eigenvalue weighted by molar-refractivity contribution is -0.115. The highest BCUT2D eigenvalue weighted by atomic mass is 32.1. The monoisotopic (exact) mass is 364 g/mol. The maximum absolute atomic E-state index is 12.2. The van der Waals surface area contributed by atoms with Gasteiger partial charge < -0.3 is 14.5 Å². The highest BCUT2D eigenvalue weighted by Crippen LogP contribution is 2.29. The van der Waals surface area contributed by atoms with E-state index in [-0.39, 0.29) is 18.5 Å². The van der Waals surface area contributed by atoms with Gasteiger partial charge in [-0.15, -0.1) is 11.3 Å². The van der Waals surface area contributed by atoms with Gasteiger partial charge in [0.1, 0.15) is 16.5 Å². The molecule has 0 fully saturated rings. The zero-order chi connectivity index (χ0) is 18.4. The zero-order valence-corrected chi connectivity index (χ0v) is 15.8. The lowest BCUT2D eigenvalue weighted by Gasteiger charge is -2.11. The molecule has 0 aromatic carbocycles. The van der Waals surface area contributed by atoms with Crippen LogP contribution in [-0.4, -0.2) is 25.0 Å². The fourth-order valence-electron chi connectivity index (χ4n) is 2.27. The Labute approximate surface area is 151 Å². The molecule has 0 saturated carbocycles. The van der Waals surface area contributed by atoms with Crippen LogP contribution in [0.2, 0.25) is 0 Å². The SMILES string of the molecule is CCOC(=O)c1cc(CC)sc1NC(=O)CNC(C)c1ccc(C)o1. The minimum absolute atomic E-state index is 0.0847. The van der Waals surface area contributed by atoms with E-state index in [0.29, 0.717) is 17.2 Å². The van der Waals surface area contributed by atoms with E-state index in [9.17, 15) is 9.59 Å². The van der Waals surface area contributed by atoms with E-state index in [4.69, 9.17) is 9.15 Å². The molecule has 0 saturated heterocycles. The molecule has 0 aliphatic carbocycles. The van der Waals surface area contributed by atoms with E-state index in [2.05, 4.69) is 10.6 Å². The van der Waals surface area contributed by atoms with Crippen molar-refractivity contribution in [2.24, 2.45) is 0 Å². The van der Waals surface area contributed by atoms with Crippen LogP contribution >= 0.6 is 11.3 Å². The number of ether oxygens (including phenoxy) is 1. The van der Waals surface area contributed by atoms with Gasteiger partial charge in [0.15, 0.2) is 0 Å². The van der Waals surface area contributed by atoms with E-state index in [1.807, 2.05) is 32.9 Å². The summed E-state index contributed by atoms with van der Waals surface area (Å²) in [4.78, 5) is 25.3. The summed E-state index contributed by atoms with van der Waals surface area (Å²) in [5.74, 6) is 0.978. The number of amides is 1. The van der Waals surface area contributed by atoms with Gasteiger partial charge in [0.25, 0.3) is 0 Å². The van der Waals surface area contributed by atoms with Crippen LogP contribution in [0.15, 0.2) is 22.6 Å². The van der Waals surface area contributed by atoms with Gasteiger partial charge in [0.05, 0.1) is 24.8 Å². The van der Waals surface area contributed by atoms with E-state index in [1.54, 1.807) is 13.0 Å². The number of carbonyl (C=O) groups excluding carboxylic acids is 2. The van der Waals surface area contributed by atoms with Crippen molar-refractivity contribution in [3.05, 3.63) is 40.2 Å². The highest BCUT2D eigenvalue weighted by Gasteiger charge is 2.19. The van der Waals surface area contributed by atoms with Crippen LogP contribution in [0.5, 0.6) is 0 Å². The van der Waals surface area contributed by atoms with Gasteiger partial charge >= 0.3 is 5.97 Å². The molecule has 7 heteroatoms. The largest absolute Gasteiger partial charge is 0.465 e. The zero-order valence-electron chi connectivity index (χ0n) is 15.0. The van der Waals surface area contributed by atoms with Crippen molar-refractivity contribution in [3.8, 4) is 0 Å². The Morgan fingerprint density at radius 2 is 2.08 bits per heavy atom. The number of nitrogens with one attached hydrogen (secondary N) is 2. The second-order valence-corrected chi connectivity index (χ2v) is 6.77. The summed E-state index contributed by atoms with van der Waals surface area (Å²) in [5, 5.41) is 6.44. The predicted molar refractivity (Wildman–Crippen MR) is 98.1 cm³/mol. The van der Waals surface area contributed by atoms with Crippen LogP contribution in [-0.2, 0) is 16.0 Å². The van der Waals surface area contributed by atoms with E-state index in [0.717, 1.165) is 22.8 Å². The fraction of sp³-hybridized carbons (Fsp3) is 0.444. The molecule has 2 aromatic heterocycles. The third kappa shape index (κ3) is 5.17. The van der Waals surface area contributed by atoms with Gasteiger partial charge in [0, 0.05) is 4.88 Å². The number of thiophene rings is 1. The topological polar surface area (TPSA) is 80.6 Å². The van der Waals surface area contributed by atoms with Crippen molar-refractivity contribution >= 4 is 28.2 Å². The Kier molecular flexibility index (Phi) is 6.78. The Balaban J connectivity index is 1.97. The van der Waals surface area contributed by atoms with Crippen molar-refractivity contribution in [2.75, 3.05) is 18.5 Å². The highest BCUT2D eigenvalue weighted by molar-refractivity contribution is 7.16. The molecule has 0 aliphatic rings. The summed E-state index contributed by atoms with van der Waals surface area (Å²) in [7, 11) is 0. The minimum Gasteiger partial charge on any atom is -0.465 e. The molecular formula is C18H24N2O4S. The third-order valence-corrected chi connectivity index (χ3v) is 4.83. The van der Waals surface area contributed by atoms with E-state index >= 15 is 0 Å². The number of carbonyl (C=O) groups is 2.